The molecule has 0 radical (unpaired) electrons. The number of halogens is 2. The van der Waals surface area contributed by atoms with E-state index in [9.17, 15) is 19.2 Å². The van der Waals surface area contributed by atoms with Gasteiger partial charge in [0.25, 0.3) is 5.91 Å². The number of nitrogens with zero attached hydrogens (tertiary/aromatic N) is 2. The Morgan fingerprint density at radius 3 is 2.33 bits per heavy atom. The van der Waals surface area contributed by atoms with Gasteiger partial charge in [0, 0.05) is 36.8 Å². The lowest BCUT2D eigenvalue weighted by atomic mass is 9.82. The van der Waals surface area contributed by atoms with E-state index >= 15 is 0 Å². The average molecular weight is 550 g/mol. The summed E-state index contributed by atoms with van der Waals surface area (Å²) in [5, 5.41) is 5.16. The van der Waals surface area contributed by atoms with Gasteiger partial charge in [-0.3, -0.25) is 24.2 Å². The summed E-state index contributed by atoms with van der Waals surface area (Å²) in [6, 6.07) is -0.707. The summed E-state index contributed by atoms with van der Waals surface area (Å²) in [6.07, 6.45) is 4.47. The fourth-order valence-corrected chi connectivity index (χ4v) is 5.68. The molecule has 2 aliphatic rings. The van der Waals surface area contributed by atoms with Crippen LogP contribution in [0.4, 0.5) is 0 Å². The Kier molecular flexibility index (Phi) is 12.0. The summed E-state index contributed by atoms with van der Waals surface area (Å²) in [6.45, 7) is -0.625. The van der Waals surface area contributed by atoms with E-state index in [1.807, 2.05) is 0 Å². The van der Waals surface area contributed by atoms with Gasteiger partial charge in [0.1, 0.15) is 0 Å². The molecule has 5 atom stereocenters. The maximum atomic E-state index is 12.7. The monoisotopic (exact) mass is 548 g/mol. The molecule has 0 aliphatic heterocycles. The van der Waals surface area contributed by atoms with Crippen LogP contribution in [0.5, 0.6) is 0 Å². The van der Waals surface area contributed by atoms with E-state index < -0.39 is 17.9 Å². The number of nitrogens with one attached hydrogen (secondary N) is 2. The van der Waals surface area contributed by atoms with Crippen LogP contribution in [0.3, 0.4) is 0 Å². The standard InChI is InChI=1S/C23H38Cl2N6O5/c1-31(2)20(33)12-36-21(34)10-18(14-6-15(24)9-16(25)7-14)30-19(32)11-28-22(35)13-4-3-5-17(8-13)29-23(26)27/h13-18H,3-12H2,1-2H3,(H,28,35)(H,30,32)(H4,26,27,29). The molecule has 204 valence electrons. The molecule has 2 saturated carbocycles. The van der Waals surface area contributed by atoms with Gasteiger partial charge in [-0.15, -0.1) is 23.2 Å². The van der Waals surface area contributed by atoms with E-state index in [2.05, 4.69) is 15.6 Å². The summed E-state index contributed by atoms with van der Waals surface area (Å²) < 4.78 is 5.09. The van der Waals surface area contributed by atoms with Crippen molar-refractivity contribution in [3.8, 4) is 0 Å². The normalized spacial score (nSPS) is 26.7. The lowest BCUT2D eigenvalue weighted by Gasteiger charge is -2.35. The van der Waals surface area contributed by atoms with Crippen molar-refractivity contribution in [2.45, 2.75) is 74.2 Å². The number of esters is 1. The second-order valence-electron chi connectivity index (χ2n) is 9.78. The van der Waals surface area contributed by atoms with Gasteiger partial charge < -0.3 is 31.7 Å². The summed E-state index contributed by atoms with van der Waals surface area (Å²) in [7, 11) is 3.12. The van der Waals surface area contributed by atoms with Crippen LogP contribution in [0, 0.1) is 11.8 Å². The van der Waals surface area contributed by atoms with Crippen LogP contribution in [0.15, 0.2) is 4.99 Å². The van der Waals surface area contributed by atoms with Crippen molar-refractivity contribution >= 4 is 52.9 Å². The van der Waals surface area contributed by atoms with E-state index in [0.717, 1.165) is 12.8 Å². The van der Waals surface area contributed by atoms with Crippen molar-refractivity contribution in [1.29, 1.82) is 0 Å². The zero-order chi connectivity index (χ0) is 26.8. The van der Waals surface area contributed by atoms with E-state index in [-0.39, 0.29) is 66.0 Å². The molecule has 0 aromatic heterocycles. The van der Waals surface area contributed by atoms with E-state index in [4.69, 9.17) is 39.4 Å². The number of ether oxygens (including phenoxy) is 1. The molecule has 0 saturated heterocycles. The molecule has 13 heteroatoms. The van der Waals surface area contributed by atoms with Crippen LogP contribution in [-0.2, 0) is 23.9 Å². The quantitative estimate of drug-likeness (QED) is 0.133. The first-order chi connectivity index (χ1) is 16.9. The summed E-state index contributed by atoms with van der Waals surface area (Å²) in [5.41, 5.74) is 10.9. The Balaban J connectivity index is 1.94. The fraction of sp³-hybridized carbons (Fsp3) is 0.783. The third-order valence-corrected chi connectivity index (χ3v) is 7.27. The number of carbonyl (C=O) groups excluding carboxylic acids is 4. The molecule has 3 amide bonds. The number of alkyl halides is 2. The molecule has 0 bridgehead atoms. The number of likely N-dealkylation sites (N-methyl/N-ethyl adjacent to an activating group) is 1. The lowest BCUT2D eigenvalue weighted by Crippen LogP contribution is -2.49. The number of hydrogen-bond donors (Lipinski definition) is 4. The number of hydrogen-bond acceptors (Lipinski definition) is 6. The first-order valence-electron chi connectivity index (χ1n) is 12.2. The van der Waals surface area contributed by atoms with Crippen LogP contribution in [0.25, 0.3) is 0 Å². The van der Waals surface area contributed by atoms with Crippen LogP contribution >= 0.6 is 23.2 Å². The highest BCUT2D eigenvalue weighted by atomic mass is 35.5. The number of guanidine groups is 1. The molecular weight excluding hydrogens is 511 g/mol. The highest BCUT2D eigenvalue weighted by Gasteiger charge is 2.34. The molecule has 2 aliphatic carbocycles. The van der Waals surface area contributed by atoms with Crippen LogP contribution in [0.2, 0.25) is 0 Å². The molecule has 2 rings (SSSR count). The Bertz CT molecular complexity index is 813. The molecule has 6 N–H and O–H groups in total. The first kappa shape index (κ1) is 30.0. The number of nitrogens with two attached hydrogens (primary N) is 2. The minimum atomic E-state index is -0.615. The Labute approximate surface area is 222 Å². The van der Waals surface area contributed by atoms with Gasteiger partial charge in [0.15, 0.2) is 12.6 Å². The molecule has 0 heterocycles. The van der Waals surface area contributed by atoms with Crippen LogP contribution in [-0.4, -0.2) is 84.6 Å². The summed E-state index contributed by atoms with van der Waals surface area (Å²) in [4.78, 5) is 55.0. The molecular formula is C23H38Cl2N6O5. The number of aliphatic imine (C=N–C) groups is 1. The van der Waals surface area contributed by atoms with Gasteiger partial charge in [0.2, 0.25) is 11.8 Å². The molecule has 2 fully saturated rings. The van der Waals surface area contributed by atoms with Crippen LogP contribution in [0.1, 0.15) is 51.4 Å². The van der Waals surface area contributed by atoms with E-state index in [0.29, 0.717) is 32.1 Å². The topological polar surface area (TPSA) is 169 Å². The van der Waals surface area contributed by atoms with E-state index in [1.54, 1.807) is 14.1 Å². The van der Waals surface area contributed by atoms with Crippen molar-refractivity contribution in [2.75, 3.05) is 27.2 Å². The van der Waals surface area contributed by atoms with Gasteiger partial charge in [-0.05, 0) is 44.4 Å². The van der Waals surface area contributed by atoms with Gasteiger partial charge >= 0.3 is 5.97 Å². The first-order valence-corrected chi connectivity index (χ1v) is 13.1. The van der Waals surface area contributed by atoms with Crippen molar-refractivity contribution < 1.29 is 23.9 Å². The summed E-state index contributed by atoms with van der Waals surface area (Å²) >= 11 is 12.7. The molecule has 36 heavy (non-hydrogen) atoms. The van der Waals surface area contributed by atoms with Gasteiger partial charge in [0.05, 0.1) is 19.0 Å². The second kappa shape index (κ2) is 14.5. The maximum Gasteiger partial charge on any atom is 0.308 e. The fourth-order valence-electron chi connectivity index (χ4n) is 4.70. The highest BCUT2D eigenvalue weighted by molar-refractivity contribution is 6.23. The largest absolute Gasteiger partial charge is 0.456 e. The minimum absolute atomic E-state index is 0.00262. The van der Waals surface area contributed by atoms with Crippen molar-refractivity contribution in [1.82, 2.24) is 15.5 Å². The third-order valence-electron chi connectivity index (χ3n) is 6.56. The smallest absolute Gasteiger partial charge is 0.308 e. The Hall–Kier alpha value is -2.27. The Morgan fingerprint density at radius 2 is 1.72 bits per heavy atom. The van der Waals surface area contributed by atoms with Crippen molar-refractivity contribution in [3.63, 3.8) is 0 Å². The molecule has 0 aromatic carbocycles. The SMILES string of the molecule is CN(C)C(=O)COC(=O)CC(NC(=O)CNC(=O)C1CCCC(N=C(N)N)C1)C1CC(Cl)CC(Cl)C1. The predicted molar refractivity (Wildman–Crippen MR) is 137 cm³/mol. The zero-order valence-electron chi connectivity index (χ0n) is 20.9. The van der Waals surface area contributed by atoms with Crippen LogP contribution < -0.4 is 22.1 Å². The third kappa shape index (κ3) is 10.4. The summed E-state index contributed by atoms with van der Waals surface area (Å²) in [5.74, 6) is -2.09. The second-order valence-corrected chi connectivity index (χ2v) is 11.0. The molecule has 0 spiro atoms. The lowest BCUT2D eigenvalue weighted by molar-refractivity contribution is -0.152. The maximum absolute atomic E-state index is 12.7. The molecule has 0 aromatic rings. The molecule has 5 unspecified atom stereocenters. The van der Waals surface area contributed by atoms with Crippen molar-refractivity contribution in [3.05, 3.63) is 0 Å². The van der Waals surface area contributed by atoms with Gasteiger partial charge in [-0.25, -0.2) is 0 Å². The number of carbonyl (C=O) groups is 4. The minimum Gasteiger partial charge on any atom is -0.456 e. The average Bonchev–Trinajstić information content (AvgIpc) is 2.79. The Morgan fingerprint density at radius 1 is 1.06 bits per heavy atom. The molecule has 11 nitrogen and oxygen atoms in total. The predicted octanol–water partition coefficient (Wildman–Crippen LogP) is 0.456. The zero-order valence-corrected chi connectivity index (χ0v) is 22.4. The van der Waals surface area contributed by atoms with Crippen molar-refractivity contribution in [2.24, 2.45) is 28.3 Å². The number of amides is 3. The van der Waals surface area contributed by atoms with Gasteiger partial charge in [-0.2, -0.15) is 0 Å². The van der Waals surface area contributed by atoms with Gasteiger partial charge in [-0.1, -0.05) is 6.42 Å². The highest BCUT2D eigenvalue weighted by Crippen LogP contribution is 2.34. The van der Waals surface area contributed by atoms with E-state index in [1.165, 1.54) is 4.90 Å². The number of rotatable bonds is 10.